The van der Waals surface area contributed by atoms with Crippen molar-refractivity contribution in [1.29, 1.82) is 0 Å². The second kappa shape index (κ2) is 6.85. The summed E-state index contributed by atoms with van der Waals surface area (Å²) in [7, 11) is 2.76. The number of carbonyl (C=O) groups excluding carboxylic acids is 2. The van der Waals surface area contributed by atoms with Crippen molar-refractivity contribution in [1.82, 2.24) is 20.1 Å². The molecule has 2 aliphatic rings. The number of aromatic amines is 1. The van der Waals surface area contributed by atoms with Crippen LogP contribution < -0.4 is 10.9 Å². The molecule has 0 spiro atoms. The lowest BCUT2D eigenvalue weighted by atomic mass is 10.1. The van der Waals surface area contributed by atoms with E-state index in [-0.39, 0.29) is 29.3 Å². The molecule has 0 saturated heterocycles. The van der Waals surface area contributed by atoms with Crippen molar-refractivity contribution >= 4 is 11.9 Å². The highest BCUT2D eigenvalue weighted by molar-refractivity contribution is 5.96. The number of pyridine rings is 1. The predicted molar refractivity (Wildman–Crippen MR) is 75.7 cm³/mol. The van der Waals surface area contributed by atoms with Gasteiger partial charge >= 0.3 is 5.97 Å². The van der Waals surface area contributed by atoms with Gasteiger partial charge in [-0.1, -0.05) is 0 Å². The van der Waals surface area contributed by atoms with Gasteiger partial charge in [-0.15, -0.1) is 0 Å². The molecule has 0 fully saturated rings. The monoisotopic (exact) mass is 308 g/mol. The molecule has 9 nitrogen and oxygen atoms in total. The molecule has 118 valence electrons. The Morgan fingerprint density at radius 3 is 2.82 bits per heavy atom. The van der Waals surface area contributed by atoms with Crippen LogP contribution in [0.4, 0.5) is 0 Å². The molecule has 2 N–H and O–H groups in total. The molecular weight excluding hydrogens is 292 g/mol. The Morgan fingerprint density at radius 2 is 2.14 bits per heavy atom. The number of esters is 1. The quantitative estimate of drug-likeness (QED) is 0.534. The number of hydrogen-bond acceptors (Lipinski definition) is 6. The largest absolute Gasteiger partial charge is 0.465 e. The number of rotatable bonds is 6. The van der Waals surface area contributed by atoms with Gasteiger partial charge in [0.15, 0.2) is 0 Å². The number of carbonyl (C=O) groups is 2. The molecule has 0 saturated carbocycles. The smallest absolute Gasteiger partial charge is 0.341 e. The summed E-state index contributed by atoms with van der Waals surface area (Å²) in [4.78, 5) is 35.3. The van der Waals surface area contributed by atoms with Gasteiger partial charge < -0.3 is 19.4 Å². The zero-order chi connectivity index (χ0) is 16.1. The van der Waals surface area contributed by atoms with E-state index in [1.807, 2.05) is 0 Å². The van der Waals surface area contributed by atoms with Gasteiger partial charge in [0.05, 0.1) is 19.3 Å². The van der Waals surface area contributed by atoms with Crippen molar-refractivity contribution in [3.05, 3.63) is 28.3 Å². The van der Waals surface area contributed by atoms with Crippen molar-refractivity contribution in [3.63, 3.8) is 0 Å². The van der Waals surface area contributed by atoms with Crippen molar-refractivity contribution in [2.45, 2.75) is 6.54 Å². The van der Waals surface area contributed by atoms with E-state index < -0.39 is 11.5 Å². The van der Waals surface area contributed by atoms with Gasteiger partial charge in [0.2, 0.25) is 5.91 Å². The van der Waals surface area contributed by atoms with Crippen LogP contribution in [0.3, 0.4) is 0 Å². The summed E-state index contributed by atoms with van der Waals surface area (Å²) in [5.41, 5.74) is 0.109. The third-order valence-electron chi connectivity index (χ3n) is 2.97. The molecule has 2 heterocycles. The third-order valence-corrected chi connectivity index (χ3v) is 2.97. The molecule has 0 atom stereocenters. The Labute approximate surface area is 125 Å². The normalized spacial score (nSPS) is 10.6. The van der Waals surface area contributed by atoms with Crippen LogP contribution in [0.5, 0.6) is 0 Å². The second-order valence-corrected chi connectivity index (χ2v) is 4.49. The molecule has 0 radical (unpaired) electrons. The second-order valence-electron chi connectivity index (χ2n) is 4.49. The molecule has 0 aromatic carbocycles. The molecule has 22 heavy (non-hydrogen) atoms. The van der Waals surface area contributed by atoms with E-state index in [1.54, 1.807) is 0 Å². The molecule has 0 unspecified atom stereocenters. The van der Waals surface area contributed by atoms with Crippen LogP contribution in [0.2, 0.25) is 0 Å². The summed E-state index contributed by atoms with van der Waals surface area (Å²) in [5, 5.41) is 8.72. The van der Waals surface area contributed by atoms with Gasteiger partial charge in [-0.3, -0.25) is 9.59 Å². The van der Waals surface area contributed by atoms with Crippen LogP contribution in [-0.2, 0) is 20.8 Å². The van der Waals surface area contributed by atoms with Crippen LogP contribution in [-0.4, -0.2) is 54.0 Å². The van der Waals surface area contributed by atoms with E-state index in [0.29, 0.717) is 13.2 Å². The summed E-state index contributed by atoms with van der Waals surface area (Å²) in [6, 6.07) is 0. The molecule has 0 aromatic rings. The first-order valence-corrected chi connectivity index (χ1v) is 6.49. The maximum atomic E-state index is 11.8. The number of H-pyrrole nitrogens is 1. The summed E-state index contributed by atoms with van der Waals surface area (Å²) >= 11 is 0. The predicted octanol–water partition coefficient (Wildman–Crippen LogP) is -0.775. The van der Waals surface area contributed by atoms with Crippen LogP contribution in [0, 0.1) is 0 Å². The van der Waals surface area contributed by atoms with E-state index in [0.717, 1.165) is 0 Å². The maximum Gasteiger partial charge on any atom is 0.341 e. The summed E-state index contributed by atoms with van der Waals surface area (Å²) in [6.07, 6.45) is 2.88. The van der Waals surface area contributed by atoms with E-state index in [9.17, 15) is 14.4 Å². The summed E-state index contributed by atoms with van der Waals surface area (Å²) in [6.45, 7) is 0.726. The molecule has 0 aromatic heterocycles. The SMILES string of the molecule is COCCNC(=O)Cn1cc(C(=O)OC)c2n[nH]c(=O)c-2c1. The van der Waals surface area contributed by atoms with Gasteiger partial charge in [0.1, 0.15) is 17.8 Å². The fraction of sp³-hybridized carbons (Fsp3) is 0.385. The van der Waals surface area contributed by atoms with E-state index in [4.69, 9.17) is 4.74 Å². The van der Waals surface area contributed by atoms with Crippen molar-refractivity contribution in [3.8, 4) is 11.3 Å². The van der Waals surface area contributed by atoms with Crippen molar-refractivity contribution in [2.75, 3.05) is 27.4 Å². The first kappa shape index (κ1) is 15.7. The van der Waals surface area contributed by atoms with Crippen LogP contribution in [0.15, 0.2) is 17.2 Å². The fourth-order valence-electron chi connectivity index (χ4n) is 1.95. The van der Waals surface area contributed by atoms with Crippen molar-refractivity contribution < 1.29 is 19.1 Å². The number of hydrogen-bond donors (Lipinski definition) is 2. The molecule has 2 rings (SSSR count). The maximum absolute atomic E-state index is 11.8. The van der Waals surface area contributed by atoms with Crippen LogP contribution >= 0.6 is 0 Å². The first-order chi connectivity index (χ1) is 10.6. The van der Waals surface area contributed by atoms with E-state index in [2.05, 4.69) is 20.3 Å². The average molecular weight is 308 g/mol. The third kappa shape index (κ3) is 3.31. The lowest BCUT2D eigenvalue weighted by molar-refractivity contribution is -0.121. The molecule has 2 aliphatic heterocycles. The zero-order valence-electron chi connectivity index (χ0n) is 12.2. The Bertz CT molecular complexity index is 705. The standard InChI is InChI=1S/C13H16N4O5/c1-21-4-3-14-10(18)7-17-5-8-11(15-16-12(8)19)9(6-17)13(20)22-2/h5-6H,3-4,7H2,1-2H3,(H,14,18)(H,16,19). The molecule has 0 aliphatic carbocycles. The fourth-order valence-corrected chi connectivity index (χ4v) is 1.95. The minimum Gasteiger partial charge on any atom is -0.465 e. The Balaban J connectivity index is 2.28. The van der Waals surface area contributed by atoms with Gasteiger partial charge in [-0.25, -0.2) is 9.89 Å². The lowest BCUT2D eigenvalue weighted by Crippen LogP contribution is -2.30. The summed E-state index contributed by atoms with van der Waals surface area (Å²) in [5.74, 6) is -0.904. The highest BCUT2D eigenvalue weighted by Crippen LogP contribution is 2.20. The van der Waals surface area contributed by atoms with Gasteiger partial charge in [0.25, 0.3) is 5.56 Å². The van der Waals surface area contributed by atoms with Gasteiger partial charge in [-0.05, 0) is 0 Å². The van der Waals surface area contributed by atoms with Crippen molar-refractivity contribution in [2.24, 2.45) is 0 Å². The topological polar surface area (TPSA) is 115 Å². The number of nitrogens with zero attached hydrogens (tertiary/aromatic N) is 2. The Hall–Kier alpha value is -2.68. The molecule has 1 amide bonds. The highest BCUT2D eigenvalue weighted by Gasteiger charge is 2.22. The minimum absolute atomic E-state index is 0.0474. The molecule has 0 bridgehead atoms. The number of amides is 1. The Kier molecular flexibility index (Phi) is 4.89. The van der Waals surface area contributed by atoms with Gasteiger partial charge in [-0.2, -0.15) is 5.10 Å². The molecule has 9 heteroatoms. The highest BCUT2D eigenvalue weighted by atomic mass is 16.5. The van der Waals surface area contributed by atoms with Crippen LogP contribution in [0.1, 0.15) is 10.4 Å². The van der Waals surface area contributed by atoms with Crippen LogP contribution in [0.25, 0.3) is 11.3 Å². The number of nitrogens with one attached hydrogen (secondary N) is 2. The zero-order valence-corrected chi connectivity index (χ0v) is 12.2. The minimum atomic E-state index is -0.634. The lowest BCUT2D eigenvalue weighted by Gasteiger charge is -2.11. The number of ether oxygens (including phenoxy) is 2. The number of fused-ring (bicyclic) bond motifs is 1. The number of methoxy groups -OCH3 is 2. The van der Waals surface area contributed by atoms with Gasteiger partial charge in [0, 0.05) is 26.0 Å². The average Bonchev–Trinajstić information content (AvgIpc) is 2.87. The summed E-state index contributed by atoms with van der Waals surface area (Å²) < 4.78 is 10.9. The molecular formula is C13H16N4O5. The number of aromatic nitrogens is 3. The van der Waals surface area contributed by atoms with E-state index >= 15 is 0 Å². The van der Waals surface area contributed by atoms with E-state index in [1.165, 1.54) is 31.2 Å². The first-order valence-electron chi connectivity index (χ1n) is 6.49. The Morgan fingerprint density at radius 1 is 1.36 bits per heavy atom.